The van der Waals surface area contributed by atoms with E-state index in [1.165, 1.54) is 10.5 Å². The third-order valence-corrected chi connectivity index (χ3v) is 3.37. The molecule has 108 valence electrons. The molecule has 0 radical (unpaired) electrons. The number of nitrogens with two attached hydrogens (primary N) is 1. The first-order valence-corrected chi connectivity index (χ1v) is 6.98. The largest absolute Gasteiger partial charge is 0.447 e. The number of amides is 2. The third kappa shape index (κ3) is 3.98. The lowest BCUT2D eigenvalue weighted by Gasteiger charge is -2.10. The maximum atomic E-state index is 11.7. The number of nitrogen functional groups attached to an aromatic ring is 1. The van der Waals surface area contributed by atoms with Gasteiger partial charge in [-0.1, -0.05) is 18.6 Å². The minimum atomic E-state index is -0.505. The molecule has 2 rings (SSSR count). The van der Waals surface area contributed by atoms with Gasteiger partial charge < -0.3 is 10.5 Å². The Morgan fingerprint density at radius 2 is 2.15 bits per heavy atom. The fourth-order valence-electron chi connectivity index (χ4n) is 2.29. The minimum absolute atomic E-state index is 0.128. The van der Waals surface area contributed by atoms with Gasteiger partial charge in [-0.2, -0.15) is 0 Å². The molecule has 1 heterocycles. The molecule has 0 spiro atoms. The van der Waals surface area contributed by atoms with Crippen molar-refractivity contribution >= 4 is 17.7 Å². The summed E-state index contributed by atoms with van der Waals surface area (Å²) in [5.41, 5.74) is 7.72. The Hall–Kier alpha value is -2.04. The molecule has 0 aromatic heterocycles. The number of unbranched alkanes of at least 4 members (excludes halogenated alkanes) is 2. The zero-order chi connectivity index (χ0) is 14.4. The van der Waals surface area contributed by atoms with Gasteiger partial charge in [0.2, 0.25) is 5.91 Å². The number of hydrogen-bond acceptors (Lipinski definition) is 4. The molecule has 0 aliphatic carbocycles. The number of rotatable bonds is 6. The molecule has 0 saturated carbocycles. The maximum Gasteiger partial charge on any atom is 0.416 e. The second kappa shape index (κ2) is 6.93. The molecule has 20 heavy (non-hydrogen) atoms. The molecule has 1 aliphatic heterocycles. The van der Waals surface area contributed by atoms with Gasteiger partial charge in [0.1, 0.15) is 6.61 Å². The van der Waals surface area contributed by atoms with E-state index in [1.807, 2.05) is 18.2 Å². The predicted octanol–water partition coefficient (Wildman–Crippen LogP) is 2.35. The molecule has 1 aromatic carbocycles. The molecular formula is C15H20N2O3. The minimum Gasteiger partial charge on any atom is -0.447 e. The zero-order valence-electron chi connectivity index (χ0n) is 11.5. The quantitative estimate of drug-likeness (QED) is 0.639. The number of carbonyl (C=O) groups excluding carboxylic acids is 2. The van der Waals surface area contributed by atoms with Gasteiger partial charge >= 0.3 is 6.09 Å². The highest BCUT2D eigenvalue weighted by molar-refractivity contribution is 5.92. The SMILES string of the molecule is Nc1cccc(CCCCCC(=O)N2CCOC2=O)c1. The summed E-state index contributed by atoms with van der Waals surface area (Å²) >= 11 is 0. The van der Waals surface area contributed by atoms with Crippen LogP contribution in [0.3, 0.4) is 0 Å². The first-order chi connectivity index (χ1) is 9.66. The molecule has 1 aliphatic rings. The van der Waals surface area contributed by atoms with Crippen molar-refractivity contribution in [2.45, 2.75) is 32.1 Å². The van der Waals surface area contributed by atoms with Crippen molar-refractivity contribution in [2.24, 2.45) is 0 Å². The second-order valence-corrected chi connectivity index (χ2v) is 4.97. The summed E-state index contributed by atoms with van der Waals surface area (Å²) in [7, 11) is 0. The first-order valence-electron chi connectivity index (χ1n) is 6.98. The summed E-state index contributed by atoms with van der Waals surface area (Å²) in [6, 6.07) is 7.86. The van der Waals surface area contributed by atoms with Crippen molar-refractivity contribution < 1.29 is 14.3 Å². The Balaban J connectivity index is 1.62. The Kier molecular flexibility index (Phi) is 4.98. The van der Waals surface area contributed by atoms with Crippen LogP contribution in [0.2, 0.25) is 0 Å². The predicted molar refractivity (Wildman–Crippen MR) is 76.1 cm³/mol. The molecule has 1 saturated heterocycles. The lowest BCUT2D eigenvalue weighted by Crippen LogP contribution is -2.31. The average molecular weight is 276 g/mol. The van der Waals surface area contributed by atoms with Crippen LogP contribution in [0.1, 0.15) is 31.2 Å². The topological polar surface area (TPSA) is 72.6 Å². The smallest absolute Gasteiger partial charge is 0.416 e. The fourth-order valence-corrected chi connectivity index (χ4v) is 2.29. The Morgan fingerprint density at radius 3 is 2.85 bits per heavy atom. The summed E-state index contributed by atoms with van der Waals surface area (Å²) in [4.78, 5) is 24.1. The summed E-state index contributed by atoms with van der Waals surface area (Å²) < 4.78 is 4.74. The summed E-state index contributed by atoms with van der Waals surface area (Å²) in [6.45, 7) is 0.709. The lowest BCUT2D eigenvalue weighted by molar-refractivity contribution is -0.127. The summed E-state index contributed by atoms with van der Waals surface area (Å²) in [6.07, 6.45) is 3.64. The Bertz CT molecular complexity index is 488. The number of imide groups is 1. The van der Waals surface area contributed by atoms with Crippen LogP contribution in [0.25, 0.3) is 0 Å². The molecular weight excluding hydrogens is 256 g/mol. The molecule has 0 unspecified atom stereocenters. The van der Waals surface area contributed by atoms with Crippen LogP contribution in [0.15, 0.2) is 24.3 Å². The van der Waals surface area contributed by atoms with Gasteiger partial charge in [-0.15, -0.1) is 0 Å². The van der Waals surface area contributed by atoms with Crippen molar-refractivity contribution in [2.75, 3.05) is 18.9 Å². The number of hydrogen-bond donors (Lipinski definition) is 1. The van der Waals surface area contributed by atoms with E-state index in [-0.39, 0.29) is 5.91 Å². The van der Waals surface area contributed by atoms with Gasteiger partial charge in [0.15, 0.2) is 0 Å². The normalized spacial score (nSPS) is 14.4. The van der Waals surface area contributed by atoms with Crippen molar-refractivity contribution in [1.29, 1.82) is 0 Å². The summed E-state index contributed by atoms with van der Waals surface area (Å²) in [5, 5.41) is 0. The van der Waals surface area contributed by atoms with E-state index in [2.05, 4.69) is 6.07 Å². The molecule has 2 N–H and O–H groups in total. The number of benzene rings is 1. The van der Waals surface area contributed by atoms with Crippen LogP contribution in [0.5, 0.6) is 0 Å². The van der Waals surface area contributed by atoms with Crippen LogP contribution in [0.4, 0.5) is 10.5 Å². The fraction of sp³-hybridized carbons (Fsp3) is 0.467. The van der Waals surface area contributed by atoms with Crippen LogP contribution in [0, 0.1) is 0 Å². The van der Waals surface area contributed by atoms with Crippen molar-refractivity contribution in [3.8, 4) is 0 Å². The average Bonchev–Trinajstić information content (AvgIpc) is 2.84. The van der Waals surface area contributed by atoms with E-state index in [1.54, 1.807) is 0 Å². The second-order valence-electron chi connectivity index (χ2n) is 4.97. The van der Waals surface area contributed by atoms with Crippen molar-refractivity contribution in [3.63, 3.8) is 0 Å². The molecule has 5 nitrogen and oxygen atoms in total. The van der Waals surface area contributed by atoms with E-state index in [9.17, 15) is 9.59 Å². The Morgan fingerprint density at radius 1 is 1.30 bits per heavy atom. The van der Waals surface area contributed by atoms with Crippen molar-refractivity contribution in [3.05, 3.63) is 29.8 Å². The molecule has 1 fully saturated rings. The van der Waals surface area contributed by atoms with Crippen LogP contribution >= 0.6 is 0 Å². The number of anilines is 1. The zero-order valence-corrected chi connectivity index (χ0v) is 11.5. The number of carbonyl (C=O) groups is 2. The Labute approximate surface area is 118 Å². The van der Waals surface area contributed by atoms with Gasteiger partial charge in [-0.3, -0.25) is 4.79 Å². The van der Waals surface area contributed by atoms with E-state index in [0.717, 1.165) is 31.4 Å². The van der Waals surface area contributed by atoms with E-state index in [0.29, 0.717) is 19.6 Å². The first kappa shape index (κ1) is 14.4. The van der Waals surface area contributed by atoms with Crippen molar-refractivity contribution in [1.82, 2.24) is 4.90 Å². The van der Waals surface area contributed by atoms with E-state index in [4.69, 9.17) is 10.5 Å². The van der Waals surface area contributed by atoms with Crippen LogP contribution in [-0.2, 0) is 16.0 Å². The summed E-state index contributed by atoms with van der Waals surface area (Å²) in [5.74, 6) is -0.128. The van der Waals surface area contributed by atoms with E-state index >= 15 is 0 Å². The number of cyclic esters (lactones) is 1. The molecule has 0 atom stereocenters. The molecule has 5 heteroatoms. The van der Waals surface area contributed by atoms with Crippen LogP contribution in [-0.4, -0.2) is 30.1 Å². The monoisotopic (exact) mass is 276 g/mol. The number of ether oxygens (including phenoxy) is 1. The van der Waals surface area contributed by atoms with Crippen LogP contribution < -0.4 is 5.73 Å². The molecule has 0 bridgehead atoms. The van der Waals surface area contributed by atoms with Gasteiger partial charge in [0.05, 0.1) is 6.54 Å². The highest BCUT2D eigenvalue weighted by Crippen LogP contribution is 2.13. The highest BCUT2D eigenvalue weighted by atomic mass is 16.6. The van der Waals surface area contributed by atoms with Gasteiger partial charge in [0.25, 0.3) is 0 Å². The van der Waals surface area contributed by atoms with E-state index < -0.39 is 6.09 Å². The molecule has 1 aromatic rings. The standard InChI is InChI=1S/C15H20N2O3/c16-13-7-4-6-12(11-13)5-2-1-3-8-14(18)17-9-10-20-15(17)19/h4,6-7,11H,1-3,5,8-10,16H2. The van der Waals surface area contributed by atoms with Gasteiger partial charge in [-0.05, 0) is 37.0 Å². The van der Waals surface area contributed by atoms with Gasteiger partial charge in [-0.25, -0.2) is 9.69 Å². The number of nitrogens with zero attached hydrogens (tertiary/aromatic N) is 1. The highest BCUT2D eigenvalue weighted by Gasteiger charge is 2.27. The van der Waals surface area contributed by atoms with Gasteiger partial charge in [0, 0.05) is 12.1 Å². The maximum absolute atomic E-state index is 11.7. The lowest BCUT2D eigenvalue weighted by atomic mass is 10.1. The third-order valence-electron chi connectivity index (χ3n) is 3.37. The number of aryl methyl sites for hydroxylation is 1. The molecule has 2 amide bonds.